The van der Waals surface area contributed by atoms with Gasteiger partial charge in [0, 0.05) is 25.4 Å². The SMILES string of the molecule is CSCCNC(=S)NCc1ccc(CN)cc1. The van der Waals surface area contributed by atoms with Crippen molar-refractivity contribution in [2.75, 3.05) is 18.6 Å². The van der Waals surface area contributed by atoms with Crippen LogP contribution in [0.15, 0.2) is 24.3 Å². The number of hydrogen-bond acceptors (Lipinski definition) is 3. The summed E-state index contributed by atoms with van der Waals surface area (Å²) in [5.74, 6) is 1.06. The minimum Gasteiger partial charge on any atom is -0.362 e. The minimum absolute atomic E-state index is 0.586. The molecule has 1 rings (SSSR count). The lowest BCUT2D eigenvalue weighted by molar-refractivity contribution is 0.857. The van der Waals surface area contributed by atoms with Gasteiger partial charge in [-0.2, -0.15) is 11.8 Å². The Morgan fingerprint density at radius 1 is 1.24 bits per heavy atom. The smallest absolute Gasteiger partial charge is 0.166 e. The molecule has 0 atom stereocenters. The average molecular weight is 269 g/mol. The van der Waals surface area contributed by atoms with E-state index in [1.807, 2.05) is 12.1 Å². The number of nitrogens with two attached hydrogens (primary N) is 1. The standard InChI is InChI=1S/C12H19N3S2/c1-17-7-6-14-12(16)15-9-11-4-2-10(8-13)3-5-11/h2-5H,6-9,13H2,1H3,(H2,14,15,16). The zero-order chi connectivity index (χ0) is 12.5. The Bertz CT molecular complexity index is 338. The van der Waals surface area contributed by atoms with Crippen LogP contribution in [0.2, 0.25) is 0 Å². The van der Waals surface area contributed by atoms with Gasteiger partial charge in [-0.3, -0.25) is 0 Å². The second-order valence-corrected chi connectivity index (χ2v) is 5.02. The molecule has 0 aliphatic rings. The van der Waals surface area contributed by atoms with Gasteiger partial charge in [-0.1, -0.05) is 24.3 Å². The molecule has 3 nitrogen and oxygen atoms in total. The largest absolute Gasteiger partial charge is 0.362 e. The molecule has 5 heteroatoms. The van der Waals surface area contributed by atoms with Gasteiger partial charge < -0.3 is 16.4 Å². The first-order chi connectivity index (χ1) is 8.26. The van der Waals surface area contributed by atoms with Crippen LogP contribution in [0.25, 0.3) is 0 Å². The molecule has 0 saturated carbocycles. The van der Waals surface area contributed by atoms with Crippen LogP contribution in [0.5, 0.6) is 0 Å². The highest BCUT2D eigenvalue weighted by Gasteiger charge is 1.96. The summed E-state index contributed by atoms with van der Waals surface area (Å²) >= 11 is 6.96. The summed E-state index contributed by atoms with van der Waals surface area (Å²) in [6.45, 7) is 2.23. The highest BCUT2D eigenvalue weighted by atomic mass is 32.2. The van der Waals surface area contributed by atoms with Crippen molar-refractivity contribution < 1.29 is 0 Å². The van der Waals surface area contributed by atoms with Crippen molar-refractivity contribution in [3.8, 4) is 0 Å². The molecule has 94 valence electrons. The Morgan fingerprint density at radius 2 is 1.88 bits per heavy atom. The summed E-state index contributed by atoms with van der Waals surface area (Å²) in [6, 6.07) is 8.22. The van der Waals surface area contributed by atoms with Gasteiger partial charge in [-0.15, -0.1) is 0 Å². The van der Waals surface area contributed by atoms with Gasteiger partial charge in [0.25, 0.3) is 0 Å². The number of thioether (sulfide) groups is 1. The van der Waals surface area contributed by atoms with Crippen molar-refractivity contribution in [2.45, 2.75) is 13.1 Å². The van der Waals surface area contributed by atoms with E-state index in [4.69, 9.17) is 18.0 Å². The fourth-order valence-corrected chi connectivity index (χ4v) is 1.79. The third-order valence-corrected chi connectivity index (χ3v) is 3.20. The minimum atomic E-state index is 0.586. The summed E-state index contributed by atoms with van der Waals surface area (Å²) in [5.41, 5.74) is 7.89. The molecule has 0 aromatic heterocycles. The van der Waals surface area contributed by atoms with Crippen LogP contribution in [0.1, 0.15) is 11.1 Å². The number of benzene rings is 1. The summed E-state index contributed by atoms with van der Waals surface area (Å²) < 4.78 is 0. The van der Waals surface area contributed by atoms with Crippen LogP contribution in [0.4, 0.5) is 0 Å². The fraction of sp³-hybridized carbons (Fsp3) is 0.417. The van der Waals surface area contributed by atoms with E-state index in [9.17, 15) is 0 Å². The number of thiocarbonyl (C=S) groups is 1. The Balaban J connectivity index is 2.27. The predicted octanol–water partition coefficient (Wildman–Crippen LogP) is 1.47. The van der Waals surface area contributed by atoms with Gasteiger partial charge in [0.05, 0.1) is 0 Å². The zero-order valence-corrected chi connectivity index (χ0v) is 11.7. The van der Waals surface area contributed by atoms with Crippen LogP contribution in [-0.4, -0.2) is 23.7 Å². The van der Waals surface area contributed by atoms with Crippen molar-refractivity contribution in [1.29, 1.82) is 0 Å². The van der Waals surface area contributed by atoms with E-state index < -0.39 is 0 Å². The first-order valence-electron chi connectivity index (χ1n) is 5.54. The molecular formula is C12H19N3S2. The van der Waals surface area contributed by atoms with E-state index in [1.165, 1.54) is 5.56 Å². The van der Waals surface area contributed by atoms with Crippen molar-refractivity contribution >= 4 is 29.1 Å². The van der Waals surface area contributed by atoms with E-state index in [1.54, 1.807) is 11.8 Å². The van der Waals surface area contributed by atoms with Gasteiger partial charge >= 0.3 is 0 Å². The van der Waals surface area contributed by atoms with Gasteiger partial charge in [0.2, 0.25) is 0 Å². The molecule has 0 saturated heterocycles. The molecule has 0 aliphatic heterocycles. The summed E-state index contributed by atoms with van der Waals surface area (Å²) in [6.07, 6.45) is 2.08. The third kappa shape index (κ3) is 5.91. The van der Waals surface area contributed by atoms with Gasteiger partial charge in [-0.05, 0) is 29.6 Å². The van der Waals surface area contributed by atoms with Crippen molar-refractivity contribution in [2.24, 2.45) is 5.73 Å². The predicted molar refractivity (Wildman–Crippen MR) is 80.2 cm³/mol. The first kappa shape index (κ1) is 14.3. The molecule has 0 unspecified atom stereocenters. The van der Waals surface area contributed by atoms with Crippen LogP contribution >= 0.6 is 24.0 Å². The molecule has 4 N–H and O–H groups in total. The number of nitrogens with one attached hydrogen (secondary N) is 2. The van der Waals surface area contributed by atoms with Crippen LogP contribution in [0.3, 0.4) is 0 Å². The normalized spacial score (nSPS) is 10.0. The van der Waals surface area contributed by atoms with Crippen LogP contribution < -0.4 is 16.4 Å². The second-order valence-electron chi connectivity index (χ2n) is 3.62. The van der Waals surface area contributed by atoms with E-state index in [0.717, 1.165) is 24.4 Å². The van der Waals surface area contributed by atoms with Gasteiger partial charge in [0.15, 0.2) is 5.11 Å². The summed E-state index contributed by atoms with van der Waals surface area (Å²) in [7, 11) is 0. The first-order valence-corrected chi connectivity index (χ1v) is 7.35. The highest BCUT2D eigenvalue weighted by Crippen LogP contribution is 2.03. The van der Waals surface area contributed by atoms with E-state index in [2.05, 4.69) is 29.0 Å². The topological polar surface area (TPSA) is 50.1 Å². The molecular weight excluding hydrogens is 250 g/mol. The molecule has 0 fully saturated rings. The maximum Gasteiger partial charge on any atom is 0.166 e. The second kappa shape index (κ2) is 8.33. The third-order valence-electron chi connectivity index (χ3n) is 2.30. The van der Waals surface area contributed by atoms with Gasteiger partial charge in [0.1, 0.15) is 0 Å². The van der Waals surface area contributed by atoms with Crippen molar-refractivity contribution in [3.05, 3.63) is 35.4 Å². The Labute approximate surface area is 113 Å². The maximum atomic E-state index is 5.54. The molecule has 0 bridgehead atoms. The molecule has 17 heavy (non-hydrogen) atoms. The van der Waals surface area contributed by atoms with Gasteiger partial charge in [-0.25, -0.2) is 0 Å². The molecule has 1 aromatic rings. The number of rotatable bonds is 6. The van der Waals surface area contributed by atoms with Crippen LogP contribution in [-0.2, 0) is 13.1 Å². The Hall–Kier alpha value is -0.780. The molecule has 0 aliphatic carbocycles. The monoisotopic (exact) mass is 269 g/mol. The molecule has 0 heterocycles. The Kier molecular flexibility index (Phi) is 7.00. The summed E-state index contributed by atoms with van der Waals surface area (Å²) in [4.78, 5) is 0. The van der Waals surface area contributed by atoms with Crippen molar-refractivity contribution in [1.82, 2.24) is 10.6 Å². The molecule has 0 radical (unpaired) electrons. The van der Waals surface area contributed by atoms with E-state index >= 15 is 0 Å². The average Bonchev–Trinajstić information content (AvgIpc) is 2.37. The summed E-state index contributed by atoms with van der Waals surface area (Å²) in [5, 5.41) is 7.04. The lowest BCUT2D eigenvalue weighted by atomic mass is 10.1. The zero-order valence-electron chi connectivity index (χ0n) is 10.0. The van der Waals surface area contributed by atoms with E-state index in [-0.39, 0.29) is 0 Å². The van der Waals surface area contributed by atoms with Crippen LogP contribution in [0, 0.1) is 0 Å². The molecule has 1 aromatic carbocycles. The number of hydrogen-bond donors (Lipinski definition) is 3. The molecule has 0 spiro atoms. The maximum absolute atomic E-state index is 5.54. The highest BCUT2D eigenvalue weighted by molar-refractivity contribution is 7.98. The fourth-order valence-electron chi connectivity index (χ4n) is 1.30. The Morgan fingerprint density at radius 3 is 2.47 bits per heavy atom. The van der Waals surface area contributed by atoms with E-state index in [0.29, 0.717) is 11.7 Å². The van der Waals surface area contributed by atoms with Crippen molar-refractivity contribution in [3.63, 3.8) is 0 Å². The molecule has 0 amide bonds. The lowest BCUT2D eigenvalue weighted by Crippen LogP contribution is -2.35. The quantitative estimate of drug-likeness (QED) is 0.539. The lowest BCUT2D eigenvalue weighted by Gasteiger charge is -2.10.